The van der Waals surface area contributed by atoms with Gasteiger partial charge in [0.25, 0.3) is 0 Å². The predicted molar refractivity (Wildman–Crippen MR) is 76.2 cm³/mol. The summed E-state index contributed by atoms with van der Waals surface area (Å²) in [5, 5.41) is 0. The van der Waals surface area contributed by atoms with Crippen molar-refractivity contribution in [2.75, 3.05) is 6.54 Å². The Morgan fingerprint density at radius 1 is 1.05 bits per heavy atom. The van der Waals surface area contributed by atoms with Crippen LogP contribution in [0.2, 0.25) is 0 Å². The Bertz CT molecular complexity index is 501. The Labute approximate surface area is 119 Å². The van der Waals surface area contributed by atoms with Crippen LogP contribution in [-0.2, 0) is 4.74 Å². The third kappa shape index (κ3) is 1.83. The number of hydrogen-bond donors (Lipinski definition) is 0. The Morgan fingerprint density at radius 3 is 2.75 bits per heavy atom. The first-order valence-corrected chi connectivity index (χ1v) is 7.87. The summed E-state index contributed by atoms with van der Waals surface area (Å²) in [5.74, 6) is 1.18. The fourth-order valence-corrected chi connectivity index (χ4v) is 4.50. The molecule has 0 bridgehead atoms. The highest BCUT2D eigenvalue weighted by Crippen LogP contribution is 2.49. The maximum atomic E-state index is 12.4. The van der Waals surface area contributed by atoms with Crippen molar-refractivity contribution >= 4 is 6.09 Å². The molecule has 0 N–H and O–H groups in total. The van der Waals surface area contributed by atoms with E-state index in [1.807, 2.05) is 23.1 Å². The SMILES string of the molecule is O=C1O[C@@H](c2ccccc2)[C@H]2CC[C@@H]3CCCCN1[C@@H]32. The van der Waals surface area contributed by atoms with Crippen LogP contribution in [0.1, 0.15) is 43.8 Å². The number of benzene rings is 1. The van der Waals surface area contributed by atoms with Crippen molar-refractivity contribution in [3.63, 3.8) is 0 Å². The van der Waals surface area contributed by atoms with Crippen LogP contribution < -0.4 is 0 Å². The molecule has 1 aromatic rings. The van der Waals surface area contributed by atoms with Crippen LogP contribution >= 0.6 is 0 Å². The molecular formula is C17H21NO2. The monoisotopic (exact) mass is 271 g/mol. The Morgan fingerprint density at radius 2 is 1.90 bits per heavy atom. The van der Waals surface area contributed by atoms with Crippen molar-refractivity contribution in [2.45, 2.75) is 44.2 Å². The van der Waals surface area contributed by atoms with E-state index in [1.54, 1.807) is 0 Å². The molecule has 1 amide bonds. The van der Waals surface area contributed by atoms with E-state index in [0.717, 1.165) is 18.5 Å². The zero-order chi connectivity index (χ0) is 13.5. The summed E-state index contributed by atoms with van der Waals surface area (Å²) < 4.78 is 5.81. The maximum absolute atomic E-state index is 12.4. The van der Waals surface area contributed by atoms with Gasteiger partial charge in [0.15, 0.2) is 0 Å². The second kappa shape index (κ2) is 4.80. The highest BCUT2D eigenvalue weighted by molar-refractivity contribution is 5.70. The van der Waals surface area contributed by atoms with Gasteiger partial charge in [-0.25, -0.2) is 4.79 Å². The average molecular weight is 271 g/mol. The van der Waals surface area contributed by atoms with Crippen LogP contribution in [0.5, 0.6) is 0 Å². The molecule has 1 saturated carbocycles. The van der Waals surface area contributed by atoms with Crippen LogP contribution in [0.25, 0.3) is 0 Å². The minimum Gasteiger partial charge on any atom is -0.441 e. The van der Waals surface area contributed by atoms with E-state index >= 15 is 0 Å². The van der Waals surface area contributed by atoms with Crippen molar-refractivity contribution < 1.29 is 9.53 Å². The molecule has 1 aliphatic carbocycles. The van der Waals surface area contributed by atoms with Gasteiger partial charge in [-0.05, 0) is 37.2 Å². The van der Waals surface area contributed by atoms with E-state index in [1.165, 1.54) is 25.7 Å². The summed E-state index contributed by atoms with van der Waals surface area (Å²) in [6, 6.07) is 10.7. The molecule has 2 heterocycles. The summed E-state index contributed by atoms with van der Waals surface area (Å²) in [5.41, 5.74) is 1.16. The minimum atomic E-state index is -0.0890. The number of nitrogens with zero attached hydrogens (tertiary/aromatic N) is 1. The third-order valence-electron chi connectivity index (χ3n) is 5.36. The molecule has 3 nitrogen and oxygen atoms in total. The second-order valence-electron chi connectivity index (χ2n) is 6.40. The molecule has 0 radical (unpaired) electrons. The lowest BCUT2D eigenvalue weighted by Crippen LogP contribution is -2.51. The largest absolute Gasteiger partial charge is 0.441 e. The topological polar surface area (TPSA) is 29.5 Å². The van der Waals surface area contributed by atoms with Gasteiger partial charge < -0.3 is 9.64 Å². The summed E-state index contributed by atoms with van der Waals surface area (Å²) in [6.45, 7) is 0.887. The van der Waals surface area contributed by atoms with Crippen molar-refractivity contribution in [2.24, 2.45) is 11.8 Å². The van der Waals surface area contributed by atoms with E-state index in [0.29, 0.717) is 17.9 Å². The van der Waals surface area contributed by atoms with Crippen LogP contribution in [0.15, 0.2) is 30.3 Å². The lowest BCUT2D eigenvalue weighted by atomic mass is 9.86. The molecule has 106 valence electrons. The van der Waals surface area contributed by atoms with Gasteiger partial charge in [-0.3, -0.25) is 0 Å². The van der Waals surface area contributed by atoms with Crippen LogP contribution in [0.4, 0.5) is 4.79 Å². The molecule has 3 aliphatic rings. The quantitative estimate of drug-likeness (QED) is 0.778. The third-order valence-corrected chi connectivity index (χ3v) is 5.36. The van der Waals surface area contributed by atoms with E-state index in [2.05, 4.69) is 12.1 Å². The molecule has 3 heteroatoms. The predicted octanol–water partition coefficient (Wildman–Crippen LogP) is 3.76. The first-order valence-electron chi connectivity index (χ1n) is 7.87. The van der Waals surface area contributed by atoms with Gasteiger partial charge in [0.05, 0.1) is 0 Å². The number of cyclic esters (lactones) is 1. The molecule has 0 unspecified atom stereocenters. The summed E-state index contributed by atoms with van der Waals surface area (Å²) in [6.07, 6.45) is 6.00. The second-order valence-corrected chi connectivity index (χ2v) is 6.40. The maximum Gasteiger partial charge on any atom is 0.410 e. The molecule has 0 spiro atoms. The van der Waals surface area contributed by atoms with Crippen molar-refractivity contribution in [1.29, 1.82) is 0 Å². The fraction of sp³-hybridized carbons (Fsp3) is 0.588. The molecule has 1 aromatic carbocycles. The number of ether oxygens (including phenoxy) is 1. The summed E-state index contributed by atoms with van der Waals surface area (Å²) >= 11 is 0. The van der Waals surface area contributed by atoms with E-state index in [-0.39, 0.29) is 12.2 Å². The van der Waals surface area contributed by atoms with E-state index in [4.69, 9.17) is 4.74 Å². The first kappa shape index (κ1) is 12.2. The lowest BCUT2D eigenvalue weighted by Gasteiger charge is -2.42. The molecule has 0 aromatic heterocycles. The smallest absolute Gasteiger partial charge is 0.410 e. The fourth-order valence-electron chi connectivity index (χ4n) is 4.50. The minimum absolute atomic E-state index is 0.0342. The Kier molecular flexibility index (Phi) is 2.94. The van der Waals surface area contributed by atoms with Crippen LogP contribution in [0.3, 0.4) is 0 Å². The Hall–Kier alpha value is -1.51. The van der Waals surface area contributed by atoms with E-state index < -0.39 is 0 Å². The normalized spacial score (nSPS) is 36.2. The van der Waals surface area contributed by atoms with Gasteiger partial charge in [0.1, 0.15) is 6.10 Å². The highest BCUT2D eigenvalue weighted by Gasteiger charge is 2.51. The van der Waals surface area contributed by atoms with Gasteiger partial charge in [-0.2, -0.15) is 0 Å². The summed E-state index contributed by atoms with van der Waals surface area (Å²) in [7, 11) is 0. The molecule has 2 saturated heterocycles. The average Bonchev–Trinajstić information content (AvgIpc) is 2.77. The zero-order valence-corrected chi connectivity index (χ0v) is 11.7. The molecular weight excluding hydrogens is 250 g/mol. The first-order chi connectivity index (χ1) is 9.84. The van der Waals surface area contributed by atoms with E-state index in [9.17, 15) is 4.79 Å². The standard InChI is InChI=1S/C17H21NO2/c19-17-18-11-5-4-6-12-9-10-14(15(12)18)16(20-17)13-7-2-1-3-8-13/h1-3,7-8,12,14-16H,4-6,9-11H2/t12-,14-,15-,16-/m0/s1. The number of hydrogen-bond acceptors (Lipinski definition) is 2. The molecule has 2 aliphatic heterocycles. The molecule has 4 rings (SSSR count). The van der Waals surface area contributed by atoms with Crippen molar-refractivity contribution in [3.05, 3.63) is 35.9 Å². The van der Waals surface area contributed by atoms with Crippen molar-refractivity contribution in [1.82, 2.24) is 4.90 Å². The van der Waals surface area contributed by atoms with Gasteiger partial charge in [0.2, 0.25) is 0 Å². The lowest BCUT2D eigenvalue weighted by molar-refractivity contribution is -0.0401. The summed E-state index contributed by atoms with van der Waals surface area (Å²) in [4.78, 5) is 14.4. The number of rotatable bonds is 1. The zero-order valence-electron chi connectivity index (χ0n) is 11.7. The van der Waals surface area contributed by atoms with Crippen LogP contribution in [-0.4, -0.2) is 23.6 Å². The molecule has 4 atom stereocenters. The number of amides is 1. The van der Waals surface area contributed by atoms with Gasteiger partial charge >= 0.3 is 6.09 Å². The van der Waals surface area contributed by atoms with Gasteiger partial charge in [-0.15, -0.1) is 0 Å². The van der Waals surface area contributed by atoms with Crippen LogP contribution in [0, 0.1) is 11.8 Å². The van der Waals surface area contributed by atoms with Gasteiger partial charge in [-0.1, -0.05) is 36.8 Å². The number of carbonyl (C=O) groups is 1. The number of carbonyl (C=O) groups excluding carboxylic acids is 1. The van der Waals surface area contributed by atoms with Crippen molar-refractivity contribution in [3.8, 4) is 0 Å². The molecule has 3 fully saturated rings. The Balaban J connectivity index is 1.69. The highest BCUT2D eigenvalue weighted by atomic mass is 16.6. The van der Waals surface area contributed by atoms with Gasteiger partial charge in [0, 0.05) is 18.5 Å². The molecule has 20 heavy (non-hydrogen) atoms.